The highest BCUT2D eigenvalue weighted by molar-refractivity contribution is 5.09. The second-order valence-electron chi connectivity index (χ2n) is 5.70. The maximum absolute atomic E-state index is 11.0. The first kappa shape index (κ1) is 11.1. The van der Waals surface area contributed by atoms with Crippen molar-refractivity contribution in [2.24, 2.45) is 5.41 Å². The van der Waals surface area contributed by atoms with Crippen molar-refractivity contribution in [2.45, 2.75) is 46.5 Å². The van der Waals surface area contributed by atoms with E-state index in [9.17, 15) is 4.79 Å². The van der Waals surface area contributed by atoms with Crippen LogP contribution in [0.3, 0.4) is 0 Å². The summed E-state index contributed by atoms with van der Waals surface area (Å²) in [5, 5.41) is 2.33. The van der Waals surface area contributed by atoms with Gasteiger partial charge in [-0.1, -0.05) is 34.6 Å². The lowest BCUT2D eigenvalue weighted by Gasteiger charge is -2.30. The molecule has 0 aromatic carbocycles. The minimum atomic E-state index is -0.165. The van der Waals surface area contributed by atoms with Crippen molar-refractivity contribution in [1.29, 1.82) is 0 Å². The molecule has 1 aromatic heterocycles. The Morgan fingerprint density at radius 3 is 2.21 bits per heavy atom. The van der Waals surface area contributed by atoms with Gasteiger partial charge in [0, 0.05) is 11.5 Å². The molecule has 0 saturated carbocycles. The first-order valence-electron chi connectivity index (χ1n) is 4.90. The van der Waals surface area contributed by atoms with Crippen molar-refractivity contribution in [3.8, 4) is 0 Å². The lowest BCUT2D eigenvalue weighted by atomic mass is 9.75. The van der Waals surface area contributed by atoms with Crippen molar-refractivity contribution in [2.75, 3.05) is 0 Å². The molecule has 0 unspecified atom stereocenters. The van der Waals surface area contributed by atoms with E-state index in [-0.39, 0.29) is 16.4 Å². The fourth-order valence-corrected chi connectivity index (χ4v) is 2.03. The number of H-pyrrole nitrogens is 1. The molecule has 14 heavy (non-hydrogen) atoms. The second-order valence-corrected chi connectivity index (χ2v) is 5.70. The van der Waals surface area contributed by atoms with Gasteiger partial charge in [0.15, 0.2) is 0 Å². The molecule has 0 radical (unpaired) electrons. The predicted molar refractivity (Wildman–Crippen MR) is 56.4 cm³/mol. The average molecular weight is 197 g/mol. The van der Waals surface area contributed by atoms with Gasteiger partial charge in [-0.25, -0.2) is 0 Å². The summed E-state index contributed by atoms with van der Waals surface area (Å²) in [7, 11) is 0. The van der Waals surface area contributed by atoms with Crippen LogP contribution in [0.5, 0.6) is 0 Å². The first-order valence-corrected chi connectivity index (χ1v) is 4.90. The number of aromatic nitrogens is 1. The highest BCUT2D eigenvalue weighted by atomic mass is 16.5. The third-order valence-electron chi connectivity index (χ3n) is 2.16. The van der Waals surface area contributed by atoms with Gasteiger partial charge in [-0.2, -0.15) is 5.16 Å². The molecular formula is C11H19NO2. The Balaban J connectivity index is 2.91. The van der Waals surface area contributed by atoms with E-state index in [1.807, 2.05) is 0 Å². The molecule has 0 fully saturated rings. The summed E-state index contributed by atoms with van der Waals surface area (Å²) in [6.45, 7) is 10.7. The summed E-state index contributed by atoms with van der Waals surface area (Å²) >= 11 is 0. The highest BCUT2D eigenvalue weighted by Gasteiger charge is 2.30. The van der Waals surface area contributed by atoms with Crippen LogP contribution in [0.1, 0.15) is 46.8 Å². The zero-order valence-electron chi connectivity index (χ0n) is 9.60. The predicted octanol–water partition coefficient (Wildman–Crippen LogP) is 2.68. The quantitative estimate of drug-likeness (QED) is 0.792. The average Bonchev–Trinajstić information content (AvgIpc) is 2.29. The monoisotopic (exact) mass is 197 g/mol. The topological polar surface area (TPSA) is 46.0 Å². The van der Waals surface area contributed by atoms with E-state index in [2.05, 4.69) is 39.8 Å². The molecule has 0 amide bonds. The number of hydrogen-bond donors (Lipinski definition) is 1. The van der Waals surface area contributed by atoms with Gasteiger partial charge in [-0.15, -0.1) is 0 Å². The number of nitrogens with one attached hydrogen (secondary N) is 1. The summed E-state index contributed by atoms with van der Waals surface area (Å²) in [5.74, 6) is 0.734. The zero-order chi connectivity index (χ0) is 11.0. The highest BCUT2D eigenvalue weighted by Crippen LogP contribution is 2.35. The minimum absolute atomic E-state index is 0.0998. The molecule has 0 atom stereocenters. The molecule has 0 aliphatic heterocycles. The molecule has 1 heterocycles. The van der Waals surface area contributed by atoms with Crippen LogP contribution in [0, 0.1) is 5.41 Å². The smallest absolute Gasteiger partial charge is 0.280 e. The van der Waals surface area contributed by atoms with Crippen molar-refractivity contribution in [1.82, 2.24) is 5.16 Å². The van der Waals surface area contributed by atoms with E-state index in [1.165, 1.54) is 6.07 Å². The van der Waals surface area contributed by atoms with E-state index in [0.29, 0.717) is 0 Å². The van der Waals surface area contributed by atoms with Crippen LogP contribution in [0.4, 0.5) is 0 Å². The largest absolute Gasteiger partial charge is 0.383 e. The van der Waals surface area contributed by atoms with E-state index < -0.39 is 0 Å². The van der Waals surface area contributed by atoms with Gasteiger partial charge >= 0.3 is 0 Å². The Labute approximate surface area is 84.5 Å². The van der Waals surface area contributed by atoms with Gasteiger partial charge in [0.1, 0.15) is 5.76 Å². The molecule has 80 valence electrons. The third kappa shape index (κ3) is 2.76. The maximum atomic E-state index is 11.0. The van der Waals surface area contributed by atoms with Gasteiger partial charge in [0.25, 0.3) is 5.56 Å². The summed E-state index contributed by atoms with van der Waals surface area (Å²) in [6, 6.07) is 1.53. The second kappa shape index (κ2) is 3.30. The van der Waals surface area contributed by atoms with Gasteiger partial charge in [-0.05, 0) is 11.8 Å². The van der Waals surface area contributed by atoms with E-state index >= 15 is 0 Å². The lowest BCUT2D eigenvalue weighted by molar-refractivity contribution is 0.232. The molecule has 1 aromatic rings. The molecule has 1 N–H and O–H groups in total. The van der Waals surface area contributed by atoms with Crippen molar-refractivity contribution in [3.63, 3.8) is 0 Å². The summed E-state index contributed by atoms with van der Waals surface area (Å²) in [6.07, 6.45) is 0.973. The van der Waals surface area contributed by atoms with Gasteiger partial charge in [0.05, 0.1) is 0 Å². The Kier molecular flexibility index (Phi) is 2.61. The Morgan fingerprint density at radius 2 is 1.86 bits per heavy atom. The zero-order valence-corrected chi connectivity index (χ0v) is 9.60. The summed E-state index contributed by atoms with van der Waals surface area (Å²) < 4.78 is 5.14. The summed E-state index contributed by atoms with van der Waals surface area (Å²) in [4.78, 5) is 11.0. The van der Waals surface area contributed by atoms with Crippen LogP contribution < -0.4 is 5.56 Å². The normalized spacial score (nSPS) is 13.2. The van der Waals surface area contributed by atoms with E-state index in [1.54, 1.807) is 0 Å². The minimum Gasteiger partial charge on any atom is -0.383 e. The fourth-order valence-electron chi connectivity index (χ4n) is 2.03. The number of rotatable bonds is 2. The molecule has 3 nitrogen and oxygen atoms in total. The molecule has 0 saturated heterocycles. The van der Waals surface area contributed by atoms with Gasteiger partial charge in [0.2, 0.25) is 0 Å². The molecule has 1 rings (SSSR count). The molecule has 0 aliphatic carbocycles. The van der Waals surface area contributed by atoms with Crippen LogP contribution in [0.15, 0.2) is 15.4 Å². The Bertz CT molecular complexity index is 352. The Morgan fingerprint density at radius 1 is 1.29 bits per heavy atom. The molecular weight excluding hydrogens is 178 g/mol. The van der Waals surface area contributed by atoms with Crippen LogP contribution in [0.25, 0.3) is 0 Å². The van der Waals surface area contributed by atoms with Gasteiger partial charge in [-0.3, -0.25) is 4.79 Å². The third-order valence-corrected chi connectivity index (χ3v) is 2.16. The van der Waals surface area contributed by atoms with Crippen molar-refractivity contribution in [3.05, 3.63) is 22.2 Å². The van der Waals surface area contributed by atoms with Gasteiger partial charge < -0.3 is 4.52 Å². The number of hydrogen-bond acceptors (Lipinski definition) is 2. The standard InChI is InChI=1S/C11H19NO2/c1-10(2,3)7-11(4,5)8-6-9(13)12-14-8/h6H,7H2,1-5H3,(H,12,13). The summed E-state index contributed by atoms with van der Waals surface area (Å²) in [5.41, 5.74) is -0.0431. The van der Waals surface area contributed by atoms with Crippen LogP contribution in [-0.4, -0.2) is 5.16 Å². The van der Waals surface area contributed by atoms with Crippen LogP contribution >= 0.6 is 0 Å². The molecule has 0 aliphatic rings. The van der Waals surface area contributed by atoms with Crippen molar-refractivity contribution >= 4 is 0 Å². The van der Waals surface area contributed by atoms with Crippen molar-refractivity contribution < 1.29 is 4.52 Å². The van der Waals surface area contributed by atoms with Crippen LogP contribution in [-0.2, 0) is 5.41 Å². The van der Waals surface area contributed by atoms with E-state index in [0.717, 1.165) is 12.2 Å². The lowest BCUT2D eigenvalue weighted by Crippen LogP contribution is -2.24. The first-order chi connectivity index (χ1) is 6.21. The molecule has 3 heteroatoms. The number of aromatic amines is 1. The maximum Gasteiger partial charge on any atom is 0.280 e. The van der Waals surface area contributed by atoms with Crippen LogP contribution in [0.2, 0.25) is 0 Å². The fraction of sp³-hybridized carbons (Fsp3) is 0.727. The molecule has 0 spiro atoms. The molecule has 0 bridgehead atoms. The Hall–Kier alpha value is -0.990. The van der Waals surface area contributed by atoms with E-state index in [4.69, 9.17) is 4.52 Å². The SMILES string of the molecule is CC(C)(C)CC(C)(C)c1cc(=O)[nH]o1.